The van der Waals surface area contributed by atoms with E-state index in [1.54, 1.807) is 13.1 Å². The van der Waals surface area contributed by atoms with Crippen molar-refractivity contribution in [3.05, 3.63) is 57.5 Å². The molecule has 1 aromatic rings. The Morgan fingerprint density at radius 2 is 1.89 bits per heavy atom. The summed E-state index contributed by atoms with van der Waals surface area (Å²) in [5.74, 6) is 0. The number of benzene rings is 1. The van der Waals surface area contributed by atoms with Crippen molar-refractivity contribution in [1.29, 1.82) is 0 Å². The number of ether oxygens (including phenoxy) is 1. The molecule has 4 nitrogen and oxygen atoms in total. The summed E-state index contributed by atoms with van der Waals surface area (Å²) in [6.45, 7) is 5.16. The number of oxime groups is 1. The predicted molar refractivity (Wildman–Crippen MR) is 107 cm³/mol. The van der Waals surface area contributed by atoms with Gasteiger partial charge in [0, 0.05) is 5.41 Å². The predicted octanol–water partition coefficient (Wildman–Crippen LogP) is 2.24. The Balaban J connectivity index is 1.70. The van der Waals surface area contributed by atoms with Gasteiger partial charge in [-0.3, -0.25) is 0 Å². The average molecular weight is 361 g/mol. The summed E-state index contributed by atoms with van der Waals surface area (Å²) in [5, 5.41) is 25.2. The maximum absolute atomic E-state index is 10.3. The molecular weight excluding hydrogens is 338 g/mol. The summed E-state index contributed by atoms with van der Waals surface area (Å²) in [4.78, 5) is 0. The van der Waals surface area contributed by atoms with Gasteiger partial charge in [-0.15, -0.1) is 5.16 Å². The summed E-state index contributed by atoms with van der Waals surface area (Å²) in [7, 11) is 0. The van der Waals surface area contributed by atoms with Crippen LogP contribution >= 0.6 is 0 Å². The van der Waals surface area contributed by atoms with Crippen LogP contribution in [0.15, 0.2) is 41.1 Å². The van der Waals surface area contributed by atoms with Gasteiger partial charge < -0.3 is 15.1 Å². The third-order valence-electron chi connectivity index (χ3n) is 6.52. The van der Waals surface area contributed by atoms with Gasteiger partial charge in [0.25, 0.3) is 0 Å². The van der Waals surface area contributed by atoms with Crippen LogP contribution in [0.25, 0.3) is 23.8 Å². The van der Waals surface area contributed by atoms with Gasteiger partial charge in [-0.25, -0.2) is 0 Å². The molecule has 5 rings (SSSR count). The van der Waals surface area contributed by atoms with Gasteiger partial charge >= 0.3 is 0 Å². The van der Waals surface area contributed by atoms with E-state index in [0.29, 0.717) is 13.2 Å². The van der Waals surface area contributed by atoms with E-state index in [1.165, 1.54) is 21.9 Å². The Morgan fingerprint density at radius 1 is 1.11 bits per heavy atom. The lowest BCUT2D eigenvalue weighted by molar-refractivity contribution is -0.0510. The quantitative estimate of drug-likeness (QED) is 0.368. The first kappa shape index (κ1) is 16.7. The van der Waals surface area contributed by atoms with E-state index in [2.05, 4.69) is 42.4 Å². The van der Waals surface area contributed by atoms with E-state index in [9.17, 15) is 10.3 Å². The number of hydrogen-bond donors (Lipinski definition) is 2. The minimum atomic E-state index is -0.899. The van der Waals surface area contributed by atoms with Crippen molar-refractivity contribution >= 4 is 30.0 Å². The van der Waals surface area contributed by atoms with Crippen LogP contribution in [-0.2, 0) is 4.74 Å². The van der Waals surface area contributed by atoms with Crippen LogP contribution in [0.1, 0.15) is 31.4 Å². The molecule has 4 aliphatic rings. The molecule has 0 saturated carbocycles. The zero-order valence-electron chi connectivity index (χ0n) is 15.6. The molecule has 1 aliphatic heterocycles. The van der Waals surface area contributed by atoms with Gasteiger partial charge in [0.05, 0.1) is 30.4 Å². The fourth-order valence-corrected chi connectivity index (χ4v) is 5.10. The summed E-state index contributed by atoms with van der Waals surface area (Å²) < 4.78 is 5.48. The van der Waals surface area contributed by atoms with Crippen molar-refractivity contribution in [3.63, 3.8) is 0 Å². The second-order valence-electron chi connectivity index (χ2n) is 8.46. The lowest BCUT2D eigenvalue weighted by atomic mass is 9.64. The number of aliphatic hydroxyl groups is 1. The highest BCUT2D eigenvalue weighted by molar-refractivity contribution is 5.84. The molecule has 1 aromatic carbocycles. The number of hydrogen-bond acceptors (Lipinski definition) is 4. The Kier molecular flexibility index (Phi) is 3.29. The molecule has 4 heteroatoms. The van der Waals surface area contributed by atoms with Crippen LogP contribution in [0.4, 0.5) is 0 Å². The van der Waals surface area contributed by atoms with Gasteiger partial charge in [0.15, 0.2) is 0 Å². The van der Waals surface area contributed by atoms with Crippen molar-refractivity contribution < 1.29 is 15.1 Å². The van der Waals surface area contributed by atoms with Gasteiger partial charge in [0.2, 0.25) is 0 Å². The second kappa shape index (κ2) is 5.31. The average Bonchev–Trinajstić information content (AvgIpc) is 2.94. The van der Waals surface area contributed by atoms with E-state index < -0.39 is 5.60 Å². The molecule has 0 aromatic heterocycles. The van der Waals surface area contributed by atoms with Gasteiger partial charge in [0.1, 0.15) is 0 Å². The van der Waals surface area contributed by atoms with Gasteiger partial charge in [-0.2, -0.15) is 0 Å². The van der Waals surface area contributed by atoms with Crippen LogP contribution in [0.2, 0.25) is 0 Å². The number of allylic oxidation sites excluding steroid dienone is 2. The fourth-order valence-electron chi connectivity index (χ4n) is 5.10. The van der Waals surface area contributed by atoms with Gasteiger partial charge in [-0.1, -0.05) is 36.4 Å². The molecule has 2 N–H and O–H groups in total. The first-order valence-electron chi connectivity index (χ1n) is 9.36. The molecule has 2 atom stereocenters. The Morgan fingerprint density at radius 3 is 2.59 bits per heavy atom. The minimum Gasteiger partial charge on any atom is -0.411 e. The molecule has 0 bridgehead atoms. The zero-order chi connectivity index (χ0) is 18.9. The molecule has 138 valence electrons. The lowest BCUT2D eigenvalue weighted by Gasteiger charge is -2.45. The SMILES string of the molecule is C[C@@]1(O)C=Cc2c3c(ccc2=C1)=C1CC=C(C2(C=NO)COC2)[C@@]1(C)C=C3. The number of nitrogens with zero attached hydrogens (tertiary/aromatic N) is 1. The maximum Gasteiger partial charge on any atom is 0.0992 e. The number of fused-ring (bicyclic) bond motifs is 4. The van der Waals surface area contributed by atoms with Crippen molar-refractivity contribution in [2.45, 2.75) is 25.9 Å². The minimum absolute atomic E-state index is 0.195. The lowest BCUT2D eigenvalue weighted by Crippen LogP contribution is -2.49. The standard InChI is InChI=1S/C23H23NO3/c1-21(25)9-7-16-15(11-21)3-4-18-17(16)8-10-22(2)19(18)5-6-20(22)23(12-24-26)13-27-14-23/h3-4,6-12,25-26H,5,13-14H2,1-2H3/t21-,22+/m1/s1. The van der Waals surface area contributed by atoms with Crippen molar-refractivity contribution in [2.24, 2.45) is 16.0 Å². The second-order valence-corrected chi connectivity index (χ2v) is 8.46. The van der Waals surface area contributed by atoms with Crippen molar-refractivity contribution in [2.75, 3.05) is 13.2 Å². The van der Waals surface area contributed by atoms with E-state index in [1.807, 2.05) is 18.2 Å². The molecule has 0 amide bonds. The van der Waals surface area contributed by atoms with E-state index in [-0.39, 0.29) is 10.8 Å². The summed E-state index contributed by atoms with van der Waals surface area (Å²) in [6, 6.07) is 4.28. The molecule has 0 radical (unpaired) electrons. The normalized spacial score (nSPS) is 32.4. The summed E-state index contributed by atoms with van der Waals surface area (Å²) >= 11 is 0. The molecule has 0 spiro atoms. The Bertz CT molecular complexity index is 1080. The summed E-state index contributed by atoms with van der Waals surface area (Å²) in [6.07, 6.45) is 15.1. The molecule has 1 fully saturated rings. The van der Waals surface area contributed by atoms with Crippen LogP contribution in [-0.4, -0.2) is 35.3 Å². The third-order valence-corrected chi connectivity index (χ3v) is 6.52. The third kappa shape index (κ3) is 2.20. The van der Waals surface area contributed by atoms with E-state index >= 15 is 0 Å². The Labute approximate surface area is 158 Å². The van der Waals surface area contributed by atoms with Crippen LogP contribution in [0.3, 0.4) is 0 Å². The number of rotatable bonds is 2. The molecule has 1 heterocycles. The largest absolute Gasteiger partial charge is 0.411 e. The molecule has 27 heavy (non-hydrogen) atoms. The Hall–Kier alpha value is -2.43. The topological polar surface area (TPSA) is 62.1 Å². The smallest absolute Gasteiger partial charge is 0.0992 e. The highest BCUT2D eigenvalue weighted by atomic mass is 16.5. The van der Waals surface area contributed by atoms with E-state index in [4.69, 9.17) is 4.74 Å². The van der Waals surface area contributed by atoms with E-state index in [0.717, 1.165) is 17.2 Å². The highest BCUT2D eigenvalue weighted by Gasteiger charge is 2.51. The van der Waals surface area contributed by atoms with Gasteiger partial charge in [-0.05, 0) is 65.1 Å². The fraction of sp³-hybridized carbons (Fsp3) is 0.348. The van der Waals surface area contributed by atoms with Crippen LogP contribution < -0.4 is 10.4 Å². The molecule has 0 unspecified atom stereocenters. The highest BCUT2D eigenvalue weighted by Crippen LogP contribution is 2.55. The molecule has 3 aliphatic carbocycles. The molecular formula is C23H23NO3. The van der Waals surface area contributed by atoms with Crippen molar-refractivity contribution in [3.8, 4) is 0 Å². The summed E-state index contributed by atoms with van der Waals surface area (Å²) in [5.41, 5.74) is 3.61. The molecule has 1 saturated heterocycles. The van der Waals surface area contributed by atoms with Crippen LogP contribution in [0.5, 0.6) is 0 Å². The maximum atomic E-state index is 10.3. The van der Waals surface area contributed by atoms with Crippen LogP contribution in [0, 0.1) is 10.8 Å². The zero-order valence-corrected chi connectivity index (χ0v) is 15.6. The van der Waals surface area contributed by atoms with Crippen molar-refractivity contribution in [1.82, 2.24) is 0 Å². The monoisotopic (exact) mass is 361 g/mol. The first-order chi connectivity index (χ1) is 12.9. The first-order valence-corrected chi connectivity index (χ1v) is 9.36.